The number of hydrogen-bond acceptors (Lipinski definition) is 5. The molecule has 3 N–H and O–H groups in total. The normalized spacial score (nSPS) is 12.5. The highest BCUT2D eigenvalue weighted by Crippen LogP contribution is 2.15. The van der Waals surface area contributed by atoms with E-state index >= 15 is 0 Å². The average molecular weight is 241 g/mol. The predicted octanol–water partition coefficient (Wildman–Crippen LogP) is 0.901. The second kappa shape index (κ2) is 5.44. The molecule has 17 heavy (non-hydrogen) atoms. The lowest BCUT2D eigenvalue weighted by Crippen LogP contribution is -2.43. The molecule has 1 heterocycles. The fourth-order valence-electron chi connectivity index (χ4n) is 1.29. The van der Waals surface area contributed by atoms with Crippen molar-refractivity contribution in [2.45, 2.75) is 19.9 Å². The predicted molar refractivity (Wildman–Crippen MR) is 60.5 cm³/mol. The van der Waals surface area contributed by atoms with Crippen LogP contribution in [0.3, 0.4) is 0 Å². The number of nitro groups is 1. The van der Waals surface area contributed by atoms with Gasteiger partial charge in [0.1, 0.15) is 4.92 Å². The summed E-state index contributed by atoms with van der Waals surface area (Å²) in [7, 11) is 0. The molecule has 1 aromatic heterocycles. The van der Waals surface area contributed by atoms with Gasteiger partial charge in [0.15, 0.2) is 5.76 Å². The minimum absolute atomic E-state index is 0.0872. The Morgan fingerprint density at radius 2 is 2.24 bits per heavy atom. The second-order valence-electron chi connectivity index (χ2n) is 3.95. The Hall–Kier alpha value is -1.89. The van der Waals surface area contributed by atoms with Gasteiger partial charge in [-0.25, -0.2) is 0 Å². The van der Waals surface area contributed by atoms with Gasteiger partial charge in [0.2, 0.25) is 0 Å². The summed E-state index contributed by atoms with van der Waals surface area (Å²) in [6, 6.07) is 2.22. The number of carbonyl (C=O) groups is 1. The maximum Gasteiger partial charge on any atom is 0.433 e. The highest BCUT2D eigenvalue weighted by molar-refractivity contribution is 5.91. The van der Waals surface area contributed by atoms with Gasteiger partial charge in [-0.2, -0.15) is 0 Å². The third-order valence-electron chi connectivity index (χ3n) is 2.37. The van der Waals surface area contributed by atoms with Crippen LogP contribution in [-0.4, -0.2) is 23.4 Å². The Morgan fingerprint density at radius 3 is 2.65 bits per heavy atom. The molecule has 1 unspecified atom stereocenters. The summed E-state index contributed by atoms with van der Waals surface area (Å²) >= 11 is 0. The van der Waals surface area contributed by atoms with Crippen molar-refractivity contribution < 1.29 is 14.1 Å². The zero-order valence-corrected chi connectivity index (χ0v) is 9.67. The minimum atomic E-state index is -0.695. The van der Waals surface area contributed by atoms with Gasteiger partial charge in [-0.15, -0.1) is 0 Å². The Morgan fingerprint density at radius 1 is 1.59 bits per heavy atom. The van der Waals surface area contributed by atoms with Crippen LogP contribution < -0.4 is 11.1 Å². The molecule has 0 fully saturated rings. The molecule has 1 atom stereocenters. The summed E-state index contributed by atoms with van der Waals surface area (Å²) in [5.74, 6) is -0.865. The number of nitrogens with one attached hydrogen (secondary N) is 1. The SMILES string of the molecule is CC(C)C(CN)NC(=O)c1ccc([N+](=O)[O-])o1. The van der Waals surface area contributed by atoms with E-state index in [2.05, 4.69) is 5.32 Å². The third kappa shape index (κ3) is 3.28. The molecule has 0 aromatic carbocycles. The van der Waals surface area contributed by atoms with Crippen molar-refractivity contribution in [3.05, 3.63) is 28.0 Å². The van der Waals surface area contributed by atoms with E-state index < -0.39 is 16.7 Å². The highest BCUT2D eigenvalue weighted by Gasteiger charge is 2.20. The number of rotatable bonds is 5. The fraction of sp³-hybridized carbons (Fsp3) is 0.500. The molecule has 0 radical (unpaired) electrons. The van der Waals surface area contributed by atoms with Gasteiger partial charge < -0.3 is 15.5 Å². The van der Waals surface area contributed by atoms with Gasteiger partial charge in [-0.1, -0.05) is 13.8 Å². The van der Waals surface area contributed by atoms with Crippen LogP contribution >= 0.6 is 0 Å². The van der Waals surface area contributed by atoms with Crippen LogP contribution in [0.5, 0.6) is 0 Å². The number of carbonyl (C=O) groups excluding carboxylic acids is 1. The van der Waals surface area contributed by atoms with E-state index in [-0.39, 0.29) is 17.7 Å². The Labute approximate surface area is 98.1 Å². The van der Waals surface area contributed by atoms with Crippen molar-refractivity contribution in [2.75, 3.05) is 6.54 Å². The average Bonchev–Trinajstić information content (AvgIpc) is 2.74. The molecule has 1 rings (SSSR count). The van der Waals surface area contributed by atoms with Gasteiger partial charge in [0, 0.05) is 12.6 Å². The summed E-state index contributed by atoms with van der Waals surface area (Å²) in [5.41, 5.74) is 5.50. The smallest absolute Gasteiger partial charge is 0.395 e. The van der Waals surface area contributed by atoms with Gasteiger partial charge >= 0.3 is 5.88 Å². The van der Waals surface area contributed by atoms with Crippen LogP contribution in [0, 0.1) is 16.0 Å². The lowest BCUT2D eigenvalue weighted by Gasteiger charge is -2.19. The van der Waals surface area contributed by atoms with Crippen LogP contribution in [0.15, 0.2) is 16.5 Å². The Bertz CT molecular complexity index is 413. The lowest BCUT2D eigenvalue weighted by atomic mass is 10.0. The monoisotopic (exact) mass is 241 g/mol. The molecular weight excluding hydrogens is 226 g/mol. The molecule has 7 heteroatoms. The Kier molecular flexibility index (Phi) is 4.22. The minimum Gasteiger partial charge on any atom is -0.395 e. The maximum absolute atomic E-state index is 11.7. The van der Waals surface area contributed by atoms with E-state index in [1.165, 1.54) is 6.07 Å². The molecule has 0 spiro atoms. The molecule has 0 aliphatic rings. The van der Waals surface area contributed by atoms with Crippen LogP contribution in [0.4, 0.5) is 5.88 Å². The van der Waals surface area contributed by atoms with Crippen LogP contribution in [0.25, 0.3) is 0 Å². The van der Waals surface area contributed by atoms with Gasteiger partial charge in [-0.05, 0) is 12.0 Å². The quantitative estimate of drug-likeness (QED) is 0.587. The molecule has 0 aliphatic carbocycles. The van der Waals surface area contributed by atoms with Crippen molar-refractivity contribution in [3.8, 4) is 0 Å². The highest BCUT2D eigenvalue weighted by atomic mass is 16.6. The van der Waals surface area contributed by atoms with Gasteiger partial charge in [-0.3, -0.25) is 14.9 Å². The van der Waals surface area contributed by atoms with Crippen molar-refractivity contribution in [2.24, 2.45) is 11.7 Å². The van der Waals surface area contributed by atoms with Crippen molar-refractivity contribution in [1.29, 1.82) is 0 Å². The second-order valence-corrected chi connectivity index (χ2v) is 3.95. The maximum atomic E-state index is 11.7. The Balaban J connectivity index is 2.72. The van der Waals surface area contributed by atoms with Crippen molar-refractivity contribution in [1.82, 2.24) is 5.32 Å². The number of hydrogen-bond donors (Lipinski definition) is 2. The van der Waals surface area contributed by atoms with Crippen molar-refractivity contribution >= 4 is 11.8 Å². The molecule has 0 saturated heterocycles. The molecule has 94 valence electrons. The molecule has 1 amide bonds. The zero-order valence-electron chi connectivity index (χ0n) is 9.67. The van der Waals surface area contributed by atoms with E-state index in [4.69, 9.17) is 10.2 Å². The van der Waals surface area contributed by atoms with E-state index in [0.717, 1.165) is 6.07 Å². The number of furan rings is 1. The third-order valence-corrected chi connectivity index (χ3v) is 2.37. The topological polar surface area (TPSA) is 111 Å². The molecular formula is C10H15N3O4. The van der Waals surface area contributed by atoms with Gasteiger partial charge in [0.25, 0.3) is 5.91 Å². The fourth-order valence-corrected chi connectivity index (χ4v) is 1.29. The number of nitrogens with two attached hydrogens (primary N) is 1. The number of nitrogens with zero attached hydrogens (tertiary/aromatic N) is 1. The molecule has 7 nitrogen and oxygen atoms in total. The first-order chi connectivity index (χ1) is 7.95. The van der Waals surface area contributed by atoms with Crippen LogP contribution in [-0.2, 0) is 0 Å². The first-order valence-corrected chi connectivity index (χ1v) is 5.21. The van der Waals surface area contributed by atoms with E-state index in [1.807, 2.05) is 13.8 Å². The lowest BCUT2D eigenvalue weighted by molar-refractivity contribution is -0.402. The molecule has 1 aromatic rings. The molecule has 0 aliphatic heterocycles. The first-order valence-electron chi connectivity index (χ1n) is 5.21. The first kappa shape index (κ1) is 13.2. The van der Waals surface area contributed by atoms with Gasteiger partial charge in [0.05, 0.1) is 6.07 Å². The van der Waals surface area contributed by atoms with E-state index in [9.17, 15) is 14.9 Å². The summed E-state index contributed by atoms with van der Waals surface area (Å²) < 4.78 is 4.78. The standard InChI is InChI=1S/C10H15N3O4/c1-6(2)7(5-11)12-10(14)8-3-4-9(17-8)13(15)16/h3-4,6-7H,5,11H2,1-2H3,(H,12,14). The van der Waals surface area contributed by atoms with E-state index in [1.54, 1.807) is 0 Å². The van der Waals surface area contributed by atoms with E-state index in [0.29, 0.717) is 6.54 Å². The van der Waals surface area contributed by atoms with Crippen LogP contribution in [0.1, 0.15) is 24.4 Å². The number of amides is 1. The summed E-state index contributed by atoms with van der Waals surface area (Å²) in [6.45, 7) is 4.14. The van der Waals surface area contributed by atoms with Crippen LogP contribution in [0.2, 0.25) is 0 Å². The summed E-state index contributed by atoms with van der Waals surface area (Å²) in [6.07, 6.45) is 0. The summed E-state index contributed by atoms with van der Waals surface area (Å²) in [4.78, 5) is 21.4. The zero-order chi connectivity index (χ0) is 13.0. The largest absolute Gasteiger partial charge is 0.433 e. The summed E-state index contributed by atoms with van der Waals surface area (Å²) in [5, 5.41) is 13.0. The molecule has 0 bridgehead atoms. The van der Waals surface area contributed by atoms with Crippen molar-refractivity contribution in [3.63, 3.8) is 0 Å². The molecule has 0 saturated carbocycles.